The molecule has 246 valence electrons. The molecule has 0 radical (unpaired) electrons. The zero-order chi connectivity index (χ0) is 33.1. The molecule has 6 aromatic rings. The SMILES string of the molecule is c1ccc(COC[C@H]2O[C@H]([Ge]([c]3ccccc3)([c]3ccccc3)[c]3ccccc3)[C@@H](OCc3ccccc3)[C@@H]2OCc2ccccc2)cc1. The van der Waals surface area contributed by atoms with Gasteiger partial charge in [-0.05, 0) is 0 Å². The molecule has 6 aromatic carbocycles. The number of hydrogen-bond donors (Lipinski definition) is 0. The number of benzene rings is 6. The Morgan fingerprint density at radius 1 is 0.408 bits per heavy atom. The second-order valence-corrected chi connectivity index (χ2v) is 20.7. The molecule has 0 aliphatic carbocycles. The second-order valence-electron chi connectivity index (χ2n) is 12.5. The average molecular weight is 707 g/mol. The first-order valence-corrected chi connectivity index (χ1v) is 21.4. The number of hydrogen-bond acceptors (Lipinski definition) is 4. The molecule has 1 saturated heterocycles. The van der Waals surface area contributed by atoms with Crippen molar-refractivity contribution in [2.45, 2.75) is 43.1 Å². The molecule has 1 aliphatic rings. The Balaban J connectivity index is 1.35. The van der Waals surface area contributed by atoms with Gasteiger partial charge in [-0.2, -0.15) is 0 Å². The summed E-state index contributed by atoms with van der Waals surface area (Å²) in [5.41, 5.74) is 3.35. The molecule has 0 aromatic heterocycles. The summed E-state index contributed by atoms with van der Waals surface area (Å²) in [5.74, 6) is 0. The van der Waals surface area contributed by atoms with Crippen LogP contribution < -0.4 is 13.2 Å². The second kappa shape index (κ2) is 16.4. The van der Waals surface area contributed by atoms with Gasteiger partial charge in [0.15, 0.2) is 0 Å². The van der Waals surface area contributed by atoms with E-state index in [-0.39, 0.29) is 23.2 Å². The van der Waals surface area contributed by atoms with Gasteiger partial charge in [-0.3, -0.25) is 0 Å². The molecule has 1 fully saturated rings. The fraction of sp³-hybridized carbons (Fsp3) is 0.182. The Labute approximate surface area is 292 Å². The van der Waals surface area contributed by atoms with Gasteiger partial charge in [0.05, 0.1) is 0 Å². The molecule has 5 heteroatoms. The molecule has 1 aliphatic heterocycles. The summed E-state index contributed by atoms with van der Waals surface area (Å²) in [5, 5.41) is 0. The molecule has 1 heterocycles. The Hall–Kier alpha value is -4.30. The minimum absolute atomic E-state index is 0.276. The summed E-state index contributed by atoms with van der Waals surface area (Å²) >= 11 is -3.75. The van der Waals surface area contributed by atoms with E-state index < -0.39 is 13.3 Å². The van der Waals surface area contributed by atoms with Crippen LogP contribution in [0.2, 0.25) is 0 Å². The van der Waals surface area contributed by atoms with E-state index in [4.69, 9.17) is 18.9 Å². The van der Waals surface area contributed by atoms with Crippen LogP contribution in [-0.4, -0.2) is 43.1 Å². The van der Waals surface area contributed by atoms with Crippen molar-refractivity contribution in [1.29, 1.82) is 0 Å². The zero-order valence-corrected chi connectivity index (χ0v) is 29.7. The normalized spacial score (nSPS) is 19.1. The van der Waals surface area contributed by atoms with Crippen LogP contribution in [0.3, 0.4) is 0 Å². The fourth-order valence-corrected chi connectivity index (χ4v) is 18.2. The van der Waals surface area contributed by atoms with Crippen LogP contribution in [-0.2, 0) is 38.8 Å². The summed E-state index contributed by atoms with van der Waals surface area (Å²) in [6.45, 7) is 1.77. The predicted octanol–water partition coefficient (Wildman–Crippen LogP) is 6.85. The molecule has 4 atom stereocenters. The molecular formula is C44H42GeO4. The van der Waals surface area contributed by atoms with Gasteiger partial charge in [0.25, 0.3) is 0 Å². The van der Waals surface area contributed by atoms with E-state index in [1.54, 1.807) is 0 Å². The monoisotopic (exact) mass is 708 g/mol. The van der Waals surface area contributed by atoms with Crippen LogP contribution >= 0.6 is 0 Å². The van der Waals surface area contributed by atoms with E-state index in [0.29, 0.717) is 26.4 Å². The maximum absolute atomic E-state index is 7.44. The van der Waals surface area contributed by atoms with Gasteiger partial charge in [0.1, 0.15) is 0 Å². The van der Waals surface area contributed by atoms with Crippen molar-refractivity contribution < 1.29 is 18.9 Å². The van der Waals surface area contributed by atoms with Gasteiger partial charge < -0.3 is 0 Å². The molecule has 0 spiro atoms. The summed E-state index contributed by atoms with van der Waals surface area (Å²) in [7, 11) is 0. The van der Waals surface area contributed by atoms with Crippen molar-refractivity contribution in [2.24, 2.45) is 0 Å². The molecule has 0 unspecified atom stereocenters. The third-order valence-electron chi connectivity index (χ3n) is 9.39. The fourth-order valence-electron chi connectivity index (χ4n) is 7.09. The third kappa shape index (κ3) is 7.65. The van der Waals surface area contributed by atoms with Gasteiger partial charge in [0, 0.05) is 0 Å². The first-order valence-electron chi connectivity index (χ1n) is 17.1. The molecule has 4 nitrogen and oxygen atoms in total. The predicted molar refractivity (Wildman–Crippen MR) is 199 cm³/mol. The summed E-state index contributed by atoms with van der Waals surface area (Å²) in [6.07, 6.45) is -1.08. The third-order valence-corrected chi connectivity index (χ3v) is 20.0. The van der Waals surface area contributed by atoms with Crippen molar-refractivity contribution in [1.82, 2.24) is 0 Å². The Bertz CT molecular complexity index is 1730. The van der Waals surface area contributed by atoms with Crippen molar-refractivity contribution in [2.75, 3.05) is 6.61 Å². The van der Waals surface area contributed by atoms with Crippen molar-refractivity contribution >= 4 is 26.5 Å². The zero-order valence-electron chi connectivity index (χ0n) is 27.6. The van der Waals surface area contributed by atoms with E-state index in [1.165, 1.54) is 13.2 Å². The first kappa shape index (κ1) is 33.2. The quantitative estimate of drug-likeness (QED) is 0.116. The molecule has 7 rings (SSSR count). The van der Waals surface area contributed by atoms with Crippen LogP contribution in [0.5, 0.6) is 0 Å². The van der Waals surface area contributed by atoms with Crippen LogP contribution in [0.15, 0.2) is 182 Å². The van der Waals surface area contributed by atoms with E-state index >= 15 is 0 Å². The average Bonchev–Trinajstić information content (AvgIpc) is 3.52. The Morgan fingerprint density at radius 3 is 1.16 bits per heavy atom. The van der Waals surface area contributed by atoms with Crippen LogP contribution in [0.4, 0.5) is 0 Å². The molecule has 0 N–H and O–H groups in total. The van der Waals surface area contributed by atoms with E-state index in [0.717, 1.165) is 16.7 Å². The van der Waals surface area contributed by atoms with Crippen molar-refractivity contribution in [3.05, 3.63) is 199 Å². The maximum atomic E-state index is 7.44. The molecule has 0 saturated carbocycles. The van der Waals surface area contributed by atoms with Gasteiger partial charge in [-0.15, -0.1) is 0 Å². The molecule has 0 amide bonds. The molecule has 0 bridgehead atoms. The van der Waals surface area contributed by atoms with Crippen LogP contribution in [0.1, 0.15) is 16.7 Å². The summed E-state index contributed by atoms with van der Waals surface area (Å²) in [6, 6.07) is 64.0. The topological polar surface area (TPSA) is 36.9 Å². The van der Waals surface area contributed by atoms with Gasteiger partial charge in [-0.25, -0.2) is 0 Å². The Kier molecular flexibility index (Phi) is 11.1. The summed E-state index contributed by atoms with van der Waals surface area (Å²) < 4.78 is 31.9. The van der Waals surface area contributed by atoms with Crippen LogP contribution in [0.25, 0.3) is 0 Å². The number of rotatable bonds is 14. The van der Waals surface area contributed by atoms with Gasteiger partial charge in [0.2, 0.25) is 0 Å². The van der Waals surface area contributed by atoms with Crippen LogP contribution in [0, 0.1) is 0 Å². The summed E-state index contributed by atoms with van der Waals surface area (Å²) in [4.78, 5) is -0.276. The van der Waals surface area contributed by atoms with E-state index in [9.17, 15) is 0 Å². The number of ether oxygens (including phenoxy) is 4. The van der Waals surface area contributed by atoms with Crippen molar-refractivity contribution in [3.8, 4) is 0 Å². The first-order chi connectivity index (χ1) is 24.3. The van der Waals surface area contributed by atoms with E-state index in [1.807, 2.05) is 30.3 Å². The minimum atomic E-state index is -3.75. The molecule has 49 heavy (non-hydrogen) atoms. The van der Waals surface area contributed by atoms with Gasteiger partial charge in [-0.1, -0.05) is 0 Å². The molecular weight excluding hydrogens is 665 g/mol. The standard InChI is InChI=1S/C44H42GeO4/c1-7-19-35(20-8-1)31-46-34-41-42(47-32-36-21-9-2-10-22-36)43(48-33-37-23-11-3-12-24-37)44(49-41)45(38-25-13-4-14-26-38,39-27-15-5-16-28-39)40-29-17-6-18-30-40/h1-30,41-44H,31-34H2/t41-,42-,43+,44+/m1/s1. The van der Waals surface area contributed by atoms with Gasteiger partial charge >= 0.3 is 294 Å². The van der Waals surface area contributed by atoms with E-state index in [2.05, 4.69) is 152 Å². The van der Waals surface area contributed by atoms with Crippen molar-refractivity contribution in [3.63, 3.8) is 0 Å². The Morgan fingerprint density at radius 2 is 0.755 bits per heavy atom.